The SMILES string of the molecule is CCCNc1nc(C2(OC)CCCC2)nc2c1CCC2. The Balaban J connectivity index is 1.99. The van der Waals surface area contributed by atoms with E-state index in [1.807, 2.05) is 0 Å². The van der Waals surface area contributed by atoms with E-state index in [9.17, 15) is 0 Å². The number of nitrogens with one attached hydrogen (secondary N) is 1. The van der Waals surface area contributed by atoms with Gasteiger partial charge in [0.2, 0.25) is 0 Å². The number of aryl methyl sites for hydroxylation is 1. The highest BCUT2D eigenvalue weighted by Crippen LogP contribution is 2.41. The molecule has 1 aromatic heterocycles. The minimum Gasteiger partial charge on any atom is -0.370 e. The van der Waals surface area contributed by atoms with Crippen LogP contribution in [-0.4, -0.2) is 23.6 Å². The highest BCUT2D eigenvalue weighted by molar-refractivity contribution is 5.49. The molecule has 0 radical (unpaired) electrons. The molecule has 0 aliphatic heterocycles. The molecule has 3 rings (SSSR count). The van der Waals surface area contributed by atoms with Crippen LogP contribution in [0.2, 0.25) is 0 Å². The summed E-state index contributed by atoms with van der Waals surface area (Å²) in [7, 11) is 1.81. The zero-order valence-corrected chi connectivity index (χ0v) is 12.7. The molecule has 0 bridgehead atoms. The molecule has 2 aliphatic carbocycles. The highest BCUT2D eigenvalue weighted by atomic mass is 16.5. The fourth-order valence-corrected chi connectivity index (χ4v) is 3.49. The first-order valence-corrected chi connectivity index (χ1v) is 7.98. The summed E-state index contributed by atoms with van der Waals surface area (Å²) in [4.78, 5) is 9.73. The maximum absolute atomic E-state index is 5.85. The van der Waals surface area contributed by atoms with Crippen LogP contribution in [0.4, 0.5) is 5.82 Å². The second kappa shape index (κ2) is 5.68. The van der Waals surface area contributed by atoms with Gasteiger partial charge in [0.1, 0.15) is 11.4 Å². The summed E-state index contributed by atoms with van der Waals surface area (Å²) in [5, 5.41) is 3.49. The van der Waals surface area contributed by atoms with Gasteiger partial charge in [-0.15, -0.1) is 0 Å². The van der Waals surface area contributed by atoms with E-state index in [1.54, 1.807) is 7.11 Å². The second-order valence-electron chi connectivity index (χ2n) is 6.01. The van der Waals surface area contributed by atoms with Gasteiger partial charge in [-0.05, 0) is 51.4 Å². The molecule has 4 heteroatoms. The molecular formula is C16H25N3O. The molecule has 0 spiro atoms. The lowest BCUT2D eigenvalue weighted by molar-refractivity contribution is -0.0163. The van der Waals surface area contributed by atoms with E-state index < -0.39 is 0 Å². The predicted octanol–water partition coefficient (Wildman–Crippen LogP) is 3.20. The zero-order valence-electron chi connectivity index (χ0n) is 12.7. The van der Waals surface area contributed by atoms with Crippen LogP contribution in [0.1, 0.15) is 62.5 Å². The number of ether oxygens (including phenoxy) is 1. The quantitative estimate of drug-likeness (QED) is 0.896. The molecule has 0 saturated heterocycles. The van der Waals surface area contributed by atoms with Crippen LogP contribution in [0, 0.1) is 0 Å². The first-order valence-electron chi connectivity index (χ1n) is 7.98. The molecule has 1 heterocycles. The molecule has 1 saturated carbocycles. The standard InChI is InChI=1S/C16H25N3O/c1-3-11-17-14-12-7-6-8-13(12)18-15(19-14)16(20-2)9-4-5-10-16/h3-11H2,1-2H3,(H,17,18,19). The van der Waals surface area contributed by atoms with Crippen LogP contribution in [-0.2, 0) is 23.2 Å². The van der Waals surface area contributed by atoms with E-state index in [2.05, 4.69) is 12.2 Å². The van der Waals surface area contributed by atoms with Crippen molar-refractivity contribution < 1.29 is 4.74 Å². The predicted molar refractivity (Wildman–Crippen MR) is 80.0 cm³/mol. The summed E-state index contributed by atoms with van der Waals surface area (Å²) >= 11 is 0. The zero-order chi connectivity index (χ0) is 14.0. The molecule has 0 atom stereocenters. The summed E-state index contributed by atoms with van der Waals surface area (Å²) in [6.45, 7) is 3.16. The van der Waals surface area contributed by atoms with E-state index in [1.165, 1.54) is 30.5 Å². The Bertz CT molecular complexity index is 481. The molecule has 20 heavy (non-hydrogen) atoms. The number of hydrogen-bond donors (Lipinski definition) is 1. The van der Waals surface area contributed by atoms with Crippen molar-refractivity contribution in [1.82, 2.24) is 9.97 Å². The number of nitrogens with zero attached hydrogens (tertiary/aromatic N) is 2. The summed E-state index contributed by atoms with van der Waals surface area (Å²) in [5.74, 6) is 1.98. The van der Waals surface area contributed by atoms with Crippen molar-refractivity contribution in [3.05, 3.63) is 17.1 Å². The maximum atomic E-state index is 5.85. The third-order valence-electron chi connectivity index (χ3n) is 4.69. The van der Waals surface area contributed by atoms with Crippen LogP contribution in [0.3, 0.4) is 0 Å². The maximum Gasteiger partial charge on any atom is 0.162 e. The number of aromatic nitrogens is 2. The fourth-order valence-electron chi connectivity index (χ4n) is 3.49. The van der Waals surface area contributed by atoms with Gasteiger partial charge in [0.05, 0.1) is 0 Å². The van der Waals surface area contributed by atoms with Gasteiger partial charge in [-0.1, -0.05) is 6.92 Å². The topological polar surface area (TPSA) is 47.0 Å². The number of methoxy groups -OCH3 is 1. The third kappa shape index (κ3) is 2.30. The van der Waals surface area contributed by atoms with Crippen LogP contribution in [0.25, 0.3) is 0 Å². The molecule has 0 amide bonds. The molecule has 4 nitrogen and oxygen atoms in total. The van der Waals surface area contributed by atoms with Crippen LogP contribution < -0.4 is 5.32 Å². The summed E-state index contributed by atoms with van der Waals surface area (Å²) in [5.41, 5.74) is 2.35. The molecule has 110 valence electrons. The number of fused-ring (bicyclic) bond motifs is 1. The minimum absolute atomic E-state index is 0.236. The Morgan fingerprint density at radius 1 is 1.15 bits per heavy atom. The number of rotatable bonds is 5. The Kier molecular flexibility index (Phi) is 3.92. The van der Waals surface area contributed by atoms with Crippen LogP contribution in [0.15, 0.2) is 0 Å². The normalized spacial score (nSPS) is 20.1. The van der Waals surface area contributed by atoms with Gasteiger partial charge >= 0.3 is 0 Å². The smallest absolute Gasteiger partial charge is 0.162 e. The van der Waals surface area contributed by atoms with Crippen molar-refractivity contribution in [2.75, 3.05) is 19.0 Å². The highest BCUT2D eigenvalue weighted by Gasteiger charge is 2.39. The van der Waals surface area contributed by atoms with Crippen LogP contribution >= 0.6 is 0 Å². The van der Waals surface area contributed by atoms with Crippen molar-refractivity contribution in [1.29, 1.82) is 0 Å². The average Bonchev–Trinajstić information content (AvgIpc) is 3.13. The van der Waals surface area contributed by atoms with E-state index in [0.717, 1.165) is 50.3 Å². The van der Waals surface area contributed by atoms with Crippen molar-refractivity contribution in [2.45, 2.75) is 63.9 Å². The third-order valence-corrected chi connectivity index (χ3v) is 4.69. The van der Waals surface area contributed by atoms with Gasteiger partial charge in [-0.2, -0.15) is 0 Å². The fraction of sp³-hybridized carbons (Fsp3) is 0.750. The first kappa shape index (κ1) is 13.8. The molecule has 2 aliphatic rings. The summed E-state index contributed by atoms with van der Waals surface area (Å²) in [6.07, 6.45) is 9.05. The Morgan fingerprint density at radius 2 is 1.95 bits per heavy atom. The van der Waals surface area contributed by atoms with Gasteiger partial charge < -0.3 is 10.1 Å². The lowest BCUT2D eigenvalue weighted by Crippen LogP contribution is -2.28. The monoisotopic (exact) mass is 275 g/mol. The van der Waals surface area contributed by atoms with Gasteiger partial charge in [0, 0.05) is 24.9 Å². The first-order chi connectivity index (χ1) is 9.79. The largest absolute Gasteiger partial charge is 0.370 e. The summed E-state index contributed by atoms with van der Waals surface area (Å²) < 4.78 is 5.85. The Labute approximate surface area is 121 Å². The molecule has 0 unspecified atom stereocenters. The number of anilines is 1. The van der Waals surface area contributed by atoms with Gasteiger partial charge in [0.25, 0.3) is 0 Å². The lowest BCUT2D eigenvalue weighted by Gasteiger charge is -2.27. The van der Waals surface area contributed by atoms with Crippen molar-refractivity contribution in [3.63, 3.8) is 0 Å². The number of hydrogen-bond acceptors (Lipinski definition) is 4. The molecule has 1 fully saturated rings. The average molecular weight is 275 g/mol. The van der Waals surface area contributed by atoms with Crippen molar-refractivity contribution >= 4 is 5.82 Å². The van der Waals surface area contributed by atoms with E-state index in [-0.39, 0.29) is 5.60 Å². The van der Waals surface area contributed by atoms with E-state index in [0.29, 0.717) is 0 Å². The Hall–Kier alpha value is -1.16. The van der Waals surface area contributed by atoms with Crippen LogP contribution in [0.5, 0.6) is 0 Å². The van der Waals surface area contributed by atoms with Gasteiger partial charge in [-0.25, -0.2) is 9.97 Å². The van der Waals surface area contributed by atoms with E-state index >= 15 is 0 Å². The minimum atomic E-state index is -0.236. The van der Waals surface area contributed by atoms with E-state index in [4.69, 9.17) is 14.7 Å². The molecule has 1 N–H and O–H groups in total. The molecule has 1 aromatic rings. The second-order valence-corrected chi connectivity index (χ2v) is 6.01. The van der Waals surface area contributed by atoms with Gasteiger partial charge in [0.15, 0.2) is 5.82 Å². The molecule has 0 aromatic carbocycles. The van der Waals surface area contributed by atoms with Crippen molar-refractivity contribution in [3.8, 4) is 0 Å². The van der Waals surface area contributed by atoms with Gasteiger partial charge in [-0.3, -0.25) is 0 Å². The Morgan fingerprint density at radius 3 is 2.65 bits per heavy atom. The summed E-state index contributed by atoms with van der Waals surface area (Å²) in [6, 6.07) is 0. The van der Waals surface area contributed by atoms with Crippen molar-refractivity contribution in [2.24, 2.45) is 0 Å². The molecular weight excluding hydrogens is 250 g/mol. The lowest BCUT2D eigenvalue weighted by atomic mass is 10.0.